The Morgan fingerprint density at radius 2 is 1.80 bits per heavy atom. The van der Waals surface area contributed by atoms with Gasteiger partial charge in [0.2, 0.25) is 12.6 Å². The summed E-state index contributed by atoms with van der Waals surface area (Å²) in [6.45, 7) is 4.48. The molecule has 0 saturated heterocycles. The van der Waals surface area contributed by atoms with E-state index in [9.17, 15) is 9.59 Å². The molecule has 35 heavy (non-hydrogen) atoms. The van der Waals surface area contributed by atoms with Gasteiger partial charge in [0.15, 0.2) is 16.9 Å². The molecule has 0 spiro atoms. The monoisotopic (exact) mass is 467 g/mol. The average molecular weight is 467 g/mol. The minimum absolute atomic E-state index is 0.0754. The van der Waals surface area contributed by atoms with Gasteiger partial charge < -0.3 is 23.5 Å². The number of fused-ring (bicyclic) bond motifs is 3. The van der Waals surface area contributed by atoms with Gasteiger partial charge in [-0.15, -0.1) is 0 Å². The van der Waals surface area contributed by atoms with Gasteiger partial charge >= 0.3 is 0 Å². The second-order valence-electron chi connectivity index (χ2n) is 8.36. The van der Waals surface area contributed by atoms with Crippen molar-refractivity contribution in [1.29, 1.82) is 0 Å². The van der Waals surface area contributed by atoms with Gasteiger partial charge in [-0.05, 0) is 47.5 Å². The van der Waals surface area contributed by atoms with Crippen LogP contribution in [0.3, 0.4) is 0 Å². The zero-order chi connectivity index (χ0) is 23.9. The number of carbonyl (C=O) groups is 1. The minimum atomic E-state index is -0.614. The largest absolute Gasteiger partial charge is 0.490 e. The van der Waals surface area contributed by atoms with Crippen LogP contribution in [0, 0.1) is 0 Å². The molecule has 3 aromatic carbocycles. The number of para-hydroxylation sites is 1. The van der Waals surface area contributed by atoms with E-state index < -0.39 is 6.04 Å². The van der Waals surface area contributed by atoms with E-state index in [2.05, 4.69) is 6.58 Å². The Bertz CT molecular complexity index is 1520. The van der Waals surface area contributed by atoms with E-state index in [1.807, 2.05) is 42.5 Å². The smallest absolute Gasteiger partial charge is 0.291 e. The zero-order valence-electron chi connectivity index (χ0n) is 18.7. The third-order valence-corrected chi connectivity index (χ3v) is 6.23. The van der Waals surface area contributed by atoms with E-state index >= 15 is 0 Å². The lowest BCUT2D eigenvalue weighted by molar-refractivity contribution is 0.0714. The van der Waals surface area contributed by atoms with Crippen molar-refractivity contribution >= 4 is 16.9 Å². The van der Waals surface area contributed by atoms with Gasteiger partial charge in [0.25, 0.3) is 5.91 Å². The van der Waals surface area contributed by atoms with Crippen molar-refractivity contribution < 1.29 is 23.4 Å². The number of amides is 1. The van der Waals surface area contributed by atoms with E-state index in [0.717, 1.165) is 11.1 Å². The number of rotatable bonds is 6. The second-order valence-corrected chi connectivity index (χ2v) is 8.36. The Kier molecular flexibility index (Phi) is 5.03. The number of carbonyl (C=O) groups excluding carboxylic acids is 1. The molecule has 1 unspecified atom stereocenters. The van der Waals surface area contributed by atoms with Crippen LogP contribution in [0.25, 0.3) is 11.0 Å². The number of benzene rings is 3. The molecule has 2 aliphatic heterocycles. The Morgan fingerprint density at radius 1 is 1.00 bits per heavy atom. The van der Waals surface area contributed by atoms with Crippen LogP contribution in [-0.2, 0) is 6.54 Å². The third kappa shape index (κ3) is 3.52. The lowest BCUT2D eigenvalue weighted by Gasteiger charge is -2.25. The molecule has 1 atom stereocenters. The molecule has 1 aromatic heterocycles. The first kappa shape index (κ1) is 21.0. The van der Waals surface area contributed by atoms with Gasteiger partial charge in [0.1, 0.15) is 17.9 Å². The maximum atomic E-state index is 13.6. The first-order chi connectivity index (χ1) is 17.1. The number of hydrogen-bond acceptors (Lipinski definition) is 6. The van der Waals surface area contributed by atoms with Gasteiger partial charge in [-0.2, -0.15) is 0 Å². The summed E-state index contributed by atoms with van der Waals surface area (Å²) in [5.41, 5.74) is 2.16. The maximum absolute atomic E-state index is 13.6. The summed E-state index contributed by atoms with van der Waals surface area (Å²) in [6, 6.07) is 19.3. The standard InChI is InChI=1S/C28H21NO6/c1-2-13-32-19-10-8-18(9-11-19)25-24-26(30)20-5-3-4-6-21(20)35-27(24)28(31)29(25)15-17-7-12-22-23(14-17)34-16-33-22/h2-12,14,25H,1,13,15-16H2. The molecule has 7 heteroatoms. The molecule has 2 aliphatic rings. The van der Waals surface area contributed by atoms with Crippen LogP contribution >= 0.6 is 0 Å². The first-order valence-corrected chi connectivity index (χ1v) is 11.2. The molecule has 1 amide bonds. The Hall–Kier alpha value is -4.52. The van der Waals surface area contributed by atoms with Crippen molar-refractivity contribution in [3.8, 4) is 17.2 Å². The number of nitrogens with zero attached hydrogens (tertiary/aromatic N) is 1. The van der Waals surface area contributed by atoms with Gasteiger partial charge in [-0.3, -0.25) is 9.59 Å². The Balaban J connectivity index is 1.46. The van der Waals surface area contributed by atoms with Crippen molar-refractivity contribution in [3.63, 3.8) is 0 Å². The number of hydrogen-bond donors (Lipinski definition) is 0. The van der Waals surface area contributed by atoms with Crippen LogP contribution in [0.1, 0.15) is 33.3 Å². The minimum Gasteiger partial charge on any atom is -0.490 e. The fraction of sp³-hybridized carbons (Fsp3) is 0.143. The molecular formula is C28H21NO6. The molecule has 3 heterocycles. The fourth-order valence-corrected chi connectivity index (χ4v) is 4.61. The van der Waals surface area contributed by atoms with Crippen LogP contribution in [0.5, 0.6) is 17.2 Å². The molecule has 0 saturated carbocycles. The van der Waals surface area contributed by atoms with E-state index in [1.165, 1.54) is 0 Å². The SMILES string of the molecule is C=CCOc1ccc(C2c3c(oc4ccccc4c3=O)C(=O)N2Cc2ccc3c(c2)OCO3)cc1. The highest BCUT2D eigenvalue weighted by atomic mass is 16.7. The predicted molar refractivity (Wildman–Crippen MR) is 129 cm³/mol. The van der Waals surface area contributed by atoms with Crippen LogP contribution in [0.2, 0.25) is 0 Å². The molecule has 7 nitrogen and oxygen atoms in total. The van der Waals surface area contributed by atoms with Crippen molar-refractivity contribution in [2.45, 2.75) is 12.6 Å². The second kappa shape index (κ2) is 8.36. The predicted octanol–water partition coefficient (Wildman–Crippen LogP) is 4.83. The number of ether oxygens (including phenoxy) is 3. The quantitative estimate of drug-likeness (QED) is 0.378. The topological polar surface area (TPSA) is 78.2 Å². The summed E-state index contributed by atoms with van der Waals surface area (Å²) in [7, 11) is 0. The van der Waals surface area contributed by atoms with Crippen molar-refractivity contribution in [3.05, 3.63) is 112 Å². The molecule has 174 valence electrons. The lowest BCUT2D eigenvalue weighted by atomic mass is 9.98. The van der Waals surface area contributed by atoms with Crippen molar-refractivity contribution in [2.24, 2.45) is 0 Å². The van der Waals surface area contributed by atoms with Crippen LogP contribution in [0.15, 0.2) is 88.6 Å². The van der Waals surface area contributed by atoms with Crippen LogP contribution in [0.4, 0.5) is 0 Å². The summed E-state index contributed by atoms with van der Waals surface area (Å²) in [4.78, 5) is 28.9. The lowest BCUT2D eigenvalue weighted by Crippen LogP contribution is -2.29. The van der Waals surface area contributed by atoms with Gasteiger partial charge in [-0.1, -0.05) is 43.0 Å². The summed E-state index contributed by atoms with van der Waals surface area (Å²) in [5, 5.41) is 0.444. The van der Waals surface area contributed by atoms with E-state index in [1.54, 1.807) is 35.2 Å². The molecule has 0 radical (unpaired) electrons. The molecule has 0 N–H and O–H groups in total. The Morgan fingerprint density at radius 3 is 2.63 bits per heavy atom. The van der Waals surface area contributed by atoms with Crippen molar-refractivity contribution in [2.75, 3.05) is 13.4 Å². The molecule has 0 bridgehead atoms. The summed E-state index contributed by atoms with van der Waals surface area (Å²) >= 11 is 0. The summed E-state index contributed by atoms with van der Waals surface area (Å²) < 4.78 is 22.5. The molecule has 0 aliphatic carbocycles. The average Bonchev–Trinajstić information content (AvgIpc) is 3.46. The van der Waals surface area contributed by atoms with Crippen molar-refractivity contribution in [1.82, 2.24) is 4.90 Å². The van der Waals surface area contributed by atoms with Gasteiger partial charge in [-0.25, -0.2) is 0 Å². The normalized spacial score (nSPS) is 15.9. The van der Waals surface area contributed by atoms with E-state index in [4.69, 9.17) is 18.6 Å². The highest BCUT2D eigenvalue weighted by Gasteiger charge is 2.42. The van der Waals surface area contributed by atoms with E-state index in [0.29, 0.717) is 40.4 Å². The van der Waals surface area contributed by atoms with E-state index in [-0.39, 0.29) is 30.4 Å². The Labute approximate surface area is 200 Å². The zero-order valence-corrected chi connectivity index (χ0v) is 18.7. The molecule has 0 fully saturated rings. The molecule has 6 rings (SSSR count). The van der Waals surface area contributed by atoms with Crippen LogP contribution < -0.4 is 19.6 Å². The third-order valence-electron chi connectivity index (χ3n) is 6.23. The summed E-state index contributed by atoms with van der Waals surface area (Å²) in [5.74, 6) is 1.71. The highest BCUT2D eigenvalue weighted by molar-refractivity contribution is 5.99. The van der Waals surface area contributed by atoms with Crippen LogP contribution in [-0.4, -0.2) is 24.2 Å². The van der Waals surface area contributed by atoms with Gasteiger partial charge in [0.05, 0.1) is 17.0 Å². The maximum Gasteiger partial charge on any atom is 0.291 e. The van der Waals surface area contributed by atoms with Gasteiger partial charge in [0, 0.05) is 6.54 Å². The molecular weight excluding hydrogens is 446 g/mol. The fourth-order valence-electron chi connectivity index (χ4n) is 4.61. The first-order valence-electron chi connectivity index (χ1n) is 11.2. The summed E-state index contributed by atoms with van der Waals surface area (Å²) in [6.07, 6.45) is 1.67. The highest BCUT2D eigenvalue weighted by Crippen LogP contribution is 2.40. The molecule has 4 aromatic rings.